The monoisotopic (exact) mass is 456 g/mol. The Morgan fingerprint density at radius 3 is 2.53 bits per heavy atom. The first kappa shape index (κ1) is 20.5. The molecule has 4 aromatic rings. The summed E-state index contributed by atoms with van der Waals surface area (Å²) in [5.41, 5.74) is 2.26. The van der Waals surface area contributed by atoms with E-state index < -0.39 is 17.2 Å². The number of fused-ring (bicyclic) bond motifs is 2. The van der Waals surface area contributed by atoms with E-state index >= 15 is 0 Å². The minimum Gasteiger partial charge on any atom is -0.296 e. The van der Waals surface area contributed by atoms with E-state index in [1.54, 1.807) is 10.6 Å². The Bertz CT molecular complexity index is 1320. The standard InChI is InChI=1S/C23H16ClF3N4O/c24-20-10-7-14-3-1-2-4-18(14)31(20)22(32)17-13-30-19(11-29-21(30)12-28-17)15-5-8-16(9-6-15)23(25,26)27/h1-6,8-9,11-13,20H,7,10H2. The molecule has 2 aromatic carbocycles. The molecule has 1 aliphatic heterocycles. The number of hydrogen-bond acceptors (Lipinski definition) is 3. The Kier molecular flexibility index (Phi) is 4.89. The molecule has 3 heterocycles. The number of carbonyl (C=O) groups excluding carboxylic acids is 1. The van der Waals surface area contributed by atoms with Crippen molar-refractivity contribution in [2.45, 2.75) is 24.5 Å². The molecule has 32 heavy (non-hydrogen) atoms. The lowest BCUT2D eigenvalue weighted by molar-refractivity contribution is -0.137. The van der Waals surface area contributed by atoms with Crippen LogP contribution in [0.2, 0.25) is 0 Å². The minimum atomic E-state index is -4.41. The van der Waals surface area contributed by atoms with Gasteiger partial charge in [0.1, 0.15) is 11.2 Å². The molecular weight excluding hydrogens is 441 g/mol. The number of benzene rings is 2. The molecule has 5 rings (SSSR count). The van der Waals surface area contributed by atoms with Gasteiger partial charge < -0.3 is 0 Å². The van der Waals surface area contributed by atoms with Crippen LogP contribution in [0.4, 0.5) is 18.9 Å². The molecule has 5 nitrogen and oxygen atoms in total. The van der Waals surface area contributed by atoms with Gasteiger partial charge in [0.2, 0.25) is 0 Å². The van der Waals surface area contributed by atoms with Crippen LogP contribution in [0.15, 0.2) is 67.1 Å². The largest absolute Gasteiger partial charge is 0.416 e. The van der Waals surface area contributed by atoms with E-state index in [-0.39, 0.29) is 11.6 Å². The molecule has 1 aliphatic rings. The molecule has 2 aromatic heterocycles. The van der Waals surface area contributed by atoms with Crippen LogP contribution < -0.4 is 4.90 Å². The summed E-state index contributed by atoms with van der Waals surface area (Å²) >= 11 is 6.50. The van der Waals surface area contributed by atoms with Crippen LogP contribution in [0.5, 0.6) is 0 Å². The van der Waals surface area contributed by atoms with Gasteiger partial charge in [0.05, 0.1) is 23.7 Å². The number of halogens is 4. The van der Waals surface area contributed by atoms with Crippen molar-refractivity contribution in [1.82, 2.24) is 14.4 Å². The Morgan fingerprint density at radius 2 is 1.78 bits per heavy atom. The van der Waals surface area contributed by atoms with E-state index in [4.69, 9.17) is 11.6 Å². The van der Waals surface area contributed by atoms with Crippen molar-refractivity contribution in [1.29, 1.82) is 0 Å². The van der Waals surface area contributed by atoms with Crippen molar-refractivity contribution in [2.24, 2.45) is 0 Å². The van der Waals surface area contributed by atoms with E-state index in [2.05, 4.69) is 9.97 Å². The fourth-order valence-electron chi connectivity index (χ4n) is 3.92. The topological polar surface area (TPSA) is 50.5 Å². The Hall–Kier alpha value is -3.39. The zero-order valence-electron chi connectivity index (χ0n) is 16.6. The van der Waals surface area contributed by atoms with Crippen LogP contribution in [0.1, 0.15) is 28.0 Å². The molecule has 0 radical (unpaired) electrons. The number of alkyl halides is 4. The number of para-hydroxylation sites is 1. The molecule has 162 valence electrons. The van der Waals surface area contributed by atoms with E-state index in [0.717, 1.165) is 29.8 Å². The van der Waals surface area contributed by atoms with Crippen LogP contribution in [-0.2, 0) is 12.6 Å². The summed E-state index contributed by atoms with van der Waals surface area (Å²) < 4.78 is 40.3. The van der Waals surface area contributed by atoms with Gasteiger partial charge in [-0.3, -0.25) is 14.1 Å². The molecule has 0 fully saturated rings. The molecule has 1 amide bonds. The predicted octanol–water partition coefficient (Wildman–Crippen LogP) is 5.57. The highest BCUT2D eigenvalue weighted by Gasteiger charge is 2.32. The third-order valence-electron chi connectivity index (χ3n) is 5.53. The second kappa shape index (κ2) is 7.63. The zero-order valence-corrected chi connectivity index (χ0v) is 17.3. The molecule has 1 atom stereocenters. The summed E-state index contributed by atoms with van der Waals surface area (Å²) in [4.78, 5) is 23.4. The van der Waals surface area contributed by atoms with Crippen LogP contribution in [-0.4, -0.2) is 25.8 Å². The number of aromatic nitrogens is 3. The molecule has 0 N–H and O–H groups in total. The Labute approximate surface area is 186 Å². The number of aryl methyl sites for hydroxylation is 1. The molecule has 0 saturated carbocycles. The average Bonchev–Trinajstić information content (AvgIpc) is 3.21. The summed E-state index contributed by atoms with van der Waals surface area (Å²) in [5, 5.41) is 0. The van der Waals surface area contributed by atoms with Crippen molar-refractivity contribution in [3.63, 3.8) is 0 Å². The summed E-state index contributed by atoms with van der Waals surface area (Å²) in [6, 6.07) is 12.4. The quantitative estimate of drug-likeness (QED) is 0.292. The van der Waals surface area contributed by atoms with Crippen LogP contribution in [0.3, 0.4) is 0 Å². The van der Waals surface area contributed by atoms with Crippen molar-refractivity contribution < 1.29 is 18.0 Å². The summed E-state index contributed by atoms with van der Waals surface area (Å²) in [7, 11) is 0. The third kappa shape index (κ3) is 3.50. The number of hydrogen-bond donors (Lipinski definition) is 0. The van der Waals surface area contributed by atoms with Crippen LogP contribution >= 0.6 is 11.6 Å². The van der Waals surface area contributed by atoms with Gasteiger partial charge in [0, 0.05) is 17.4 Å². The number of nitrogens with zero attached hydrogens (tertiary/aromatic N) is 4. The highest BCUT2D eigenvalue weighted by molar-refractivity contribution is 6.25. The SMILES string of the molecule is O=C(c1cn2c(-c3ccc(C(F)(F)F)cc3)cnc2cn1)N1c2ccccc2CCC1Cl. The number of amides is 1. The van der Waals surface area contributed by atoms with Gasteiger partial charge >= 0.3 is 6.18 Å². The molecule has 0 aliphatic carbocycles. The molecule has 0 spiro atoms. The number of imidazole rings is 1. The highest BCUT2D eigenvalue weighted by atomic mass is 35.5. The van der Waals surface area contributed by atoms with Crippen LogP contribution in [0.25, 0.3) is 16.9 Å². The third-order valence-corrected chi connectivity index (χ3v) is 5.94. The van der Waals surface area contributed by atoms with E-state index in [1.807, 2.05) is 24.3 Å². The molecule has 9 heteroatoms. The number of carbonyl (C=O) groups is 1. The fraction of sp³-hybridized carbons (Fsp3) is 0.174. The Morgan fingerprint density at radius 1 is 1.03 bits per heavy atom. The number of anilines is 1. The highest BCUT2D eigenvalue weighted by Crippen LogP contribution is 2.34. The second-order valence-electron chi connectivity index (χ2n) is 7.50. The first-order valence-electron chi connectivity index (χ1n) is 9.89. The maximum atomic E-state index is 13.4. The van der Waals surface area contributed by atoms with Gasteiger partial charge in [-0.05, 0) is 36.6 Å². The predicted molar refractivity (Wildman–Crippen MR) is 115 cm³/mol. The Balaban J connectivity index is 1.54. The van der Waals surface area contributed by atoms with E-state index in [0.29, 0.717) is 23.3 Å². The smallest absolute Gasteiger partial charge is 0.296 e. The number of rotatable bonds is 2. The van der Waals surface area contributed by atoms with Crippen molar-refractivity contribution in [3.05, 3.63) is 83.9 Å². The van der Waals surface area contributed by atoms with Gasteiger partial charge in [0.25, 0.3) is 5.91 Å². The van der Waals surface area contributed by atoms with Crippen molar-refractivity contribution in [2.75, 3.05) is 4.90 Å². The van der Waals surface area contributed by atoms with Gasteiger partial charge in [0.15, 0.2) is 5.65 Å². The minimum absolute atomic E-state index is 0.158. The maximum Gasteiger partial charge on any atom is 0.416 e. The van der Waals surface area contributed by atoms with Crippen molar-refractivity contribution >= 4 is 28.8 Å². The van der Waals surface area contributed by atoms with E-state index in [1.165, 1.54) is 29.4 Å². The lowest BCUT2D eigenvalue weighted by Gasteiger charge is -2.33. The van der Waals surface area contributed by atoms with Gasteiger partial charge in [-0.1, -0.05) is 41.9 Å². The van der Waals surface area contributed by atoms with E-state index in [9.17, 15) is 18.0 Å². The molecule has 1 unspecified atom stereocenters. The van der Waals surface area contributed by atoms with Crippen molar-refractivity contribution in [3.8, 4) is 11.3 Å². The summed E-state index contributed by atoms with van der Waals surface area (Å²) in [6.07, 6.45) is 1.52. The second-order valence-corrected chi connectivity index (χ2v) is 8.00. The van der Waals surface area contributed by atoms with Gasteiger partial charge in [-0.25, -0.2) is 9.97 Å². The summed E-state index contributed by atoms with van der Waals surface area (Å²) in [6.45, 7) is 0. The van der Waals surface area contributed by atoms with Crippen LogP contribution in [0, 0.1) is 0 Å². The molecule has 0 saturated heterocycles. The first-order valence-corrected chi connectivity index (χ1v) is 10.3. The fourth-order valence-corrected chi connectivity index (χ4v) is 4.22. The first-order chi connectivity index (χ1) is 15.3. The average molecular weight is 457 g/mol. The normalized spacial score (nSPS) is 16.2. The van der Waals surface area contributed by atoms with Gasteiger partial charge in [-0.2, -0.15) is 13.2 Å². The lowest BCUT2D eigenvalue weighted by atomic mass is 10.0. The summed E-state index contributed by atoms with van der Waals surface area (Å²) in [5.74, 6) is -0.355. The molecule has 0 bridgehead atoms. The lowest BCUT2D eigenvalue weighted by Crippen LogP contribution is -2.41. The van der Waals surface area contributed by atoms with Gasteiger partial charge in [-0.15, -0.1) is 0 Å². The zero-order chi connectivity index (χ0) is 22.5. The molecular formula is C23H16ClF3N4O. The maximum absolute atomic E-state index is 13.4.